The van der Waals surface area contributed by atoms with Crippen molar-refractivity contribution < 1.29 is 9.59 Å². The third-order valence-electron chi connectivity index (χ3n) is 1.94. The summed E-state index contributed by atoms with van der Waals surface area (Å²) in [7, 11) is 0. The summed E-state index contributed by atoms with van der Waals surface area (Å²) < 4.78 is 1.39. The van der Waals surface area contributed by atoms with E-state index in [9.17, 15) is 9.59 Å². The molecule has 0 spiro atoms. The summed E-state index contributed by atoms with van der Waals surface area (Å²) in [6, 6.07) is 6.91. The summed E-state index contributed by atoms with van der Waals surface area (Å²) in [6.07, 6.45) is 0. The van der Waals surface area contributed by atoms with Gasteiger partial charge in [0.05, 0.1) is 11.1 Å². The van der Waals surface area contributed by atoms with E-state index < -0.39 is 0 Å². The molecule has 0 aromatic heterocycles. The van der Waals surface area contributed by atoms with Crippen molar-refractivity contribution in [3.63, 3.8) is 0 Å². The van der Waals surface area contributed by atoms with Crippen molar-refractivity contribution in [2.45, 2.75) is 1.26 Å². The van der Waals surface area contributed by atoms with Crippen molar-refractivity contribution in [1.29, 1.82) is 0 Å². The lowest BCUT2D eigenvalue weighted by Gasteiger charge is -2.12. The van der Waals surface area contributed by atoms with Gasteiger partial charge in [0.1, 0.15) is 1.26 Å². The standard InChI is InChI=1S/C9H5I2NO2S/c10-9(11)15-12-7(13)5-3-1-2-4-6(5)8(12)14/h1-4,9H. The maximum atomic E-state index is 11.8. The Morgan fingerprint density at radius 1 is 1.07 bits per heavy atom. The van der Waals surface area contributed by atoms with Crippen LogP contribution in [0.2, 0.25) is 0 Å². The molecule has 0 bridgehead atoms. The first-order chi connectivity index (χ1) is 7.11. The van der Waals surface area contributed by atoms with Crippen LogP contribution >= 0.6 is 57.1 Å². The van der Waals surface area contributed by atoms with Gasteiger partial charge in [-0.2, -0.15) is 0 Å². The number of carbonyl (C=O) groups excluding carboxylic acids is 2. The second-order valence-corrected chi connectivity index (χ2v) is 10.4. The summed E-state index contributed by atoms with van der Waals surface area (Å²) in [4.78, 5) is 23.6. The van der Waals surface area contributed by atoms with E-state index in [1.54, 1.807) is 24.3 Å². The molecular weight excluding hydrogens is 440 g/mol. The molecule has 0 atom stereocenters. The predicted molar refractivity (Wildman–Crippen MR) is 76.4 cm³/mol. The second kappa shape index (κ2) is 4.58. The highest BCUT2D eigenvalue weighted by atomic mass is 127. The van der Waals surface area contributed by atoms with Gasteiger partial charge in [0.25, 0.3) is 11.8 Å². The Labute approximate surface area is 118 Å². The topological polar surface area (TPSA) is 37.4 Å². The Hall–Kier alpha value is 0.170. The molecule has 0 aliphatic carbocycles. The molecule has 15 heavy (non-hydrogen) atoms. The maximum absolute atomic E-state index is 11.8. The van der Waals surface area contributed by atoms with Crippen LogP contribution in [0, 0.1) is 0 Å². The monoisotopic (exact) mass is 445 g/mol. The Morgan fingerprint density at radius 2 is 1.53 bits per heavy atom. The molecule has 0 N–H and O–H groups in total. The zero-order chi connectivity index (χ0) is 11.0. The smallest absolute Gasteiger partial charge is 0.268 e. The van der Waals surface area contributed by atoms with Gasteiger partial charge in [0.2, 0.25) is 0 Å². The lowest BCUT2D eigenvalue weighted by molar-refractivity contribution is 0.0777. The Morgan fingerprint density at radius 3 is 1.93 bits per heavy atom. The first-order valence-corrected chi connectivity index (χ1v) is 7.37. The van der Waals surface area contributed by atoms with Crippen LogP contribution < -0.4 is 0 Å². The molecule has 0 saturated heterocycles. The number of carbonyl (C=O) groups is 2. The maximum Gasteiger partial charge on any atom is 0.271 e. The molecular formula is C9H5I2NO2S. The first-order valence-electron chi connectivity index (χ1n) is 4.04. The van der Waals surface area contributed by atoms with Gasteiger partial charge in [0, 0.05) is 0 Å². The van der Waals surface area contributed by atoms with Gasteiger partial charge < -0.3 is 0 Å². The average Bonchev–Trinajstić information content (AvgIpc) is 2.44. The van der Waals surface area contributed by atoms with Crippen LogP contribution in [0.1, 0.15) is 20.7 Å². The van der Waals surface area contributed by atoms with Crippen molar-refractivity contribution in [2.24, 2.45) is 0 Å². The average molecular weight is 445 g/mol. The third-order valence-corrected chi connectivity index (χ3v) is 4.01. The van der Waals surface area contributed by atoms with E-state index in [2.05, 4.69) is 45.2 Å². The molecule has 6 heteroatoms. The summed E-state index contributed by atoms with van der Waals surface area (Å²) in [5.41, 5.74) is 1.01. The van der Waals surface area contributed by atoms with Gasteiger partial charge in [-0.15, -0.1) is 0 Å². The number of fused-ring (bicyclic) bond motifs is 1. The zero-order valence-corrected chi connectivity index (χ0v) is 12.4. The van der Waals surface area contributed by atoms with Gasteiger partial charge in [0.15, 0.2) is 0 Å². The van der Waals surface area contributed by atoms with E-state index in [4.69, 9.17) is 0 Å². The predicted octanol–water partition coefficient (Wildman–Crippen LogP) is 3.08. The number of benzene rings is 1. The van der Waals surface area contributed by atoms with Gasteiger partial charge in [-0.1, -0.05) is 57.3 Å². The highest BCUT2D eigenvalue weighted by Crippen LogP contribution is 2.35. The molecule has 0 radical (unpaired) electrons. The molecule has 1 aliphatic heterocycles. The molecule has 0 fully saturated rings. The minimum atomic E-state index is -0.209. The van der Waals surface area contributed by atoms with Crippen molar-refractivity contribution in [1.82, 2.24) is 4.31 Å². The number of hydrogen-bond donors (Lipinski definition) is 0. The van der Waals surface area contributed by atoms with Gasteiger partial charge in [-0.05, 0) is 24.1 Å². The fraction of sp³-hybridized carbons (Fsp3) is 0.111. The van der Waals surface area contributed by atoms with Crippen LogP contribution in [0.15, 0.2) is 24.3 Å². The van der Waals surface area contributed by atoms with Crippen molar-refractivity contribution >= 4 is 68.9 Å². The zero-order valence-electron chi connectivity index (χ0n) is 7.31. The van der Waals surface area contributed by atoms with Gasteiger partial charge in [-0.3, -0.25) is 9.59 Å². The molecule has 3 nitrogen and oxygen atoms in total. The van der Waals surface area contributed by atoms with Gasteiger partial charge >= 0.3 is 0 Å². The van der Waals surface area contributed by atoms with Crippen LogP contribution in [0.5, 0.6) is 0 Å². The van der Waals surface area contributed by atoms with Crippen molar-refractivity contribution in [3.05, 3.63) is 35.4 Å². The number of amides is 2. The van der Waals surface area contributed by atoms with Crippen molar-refractivity contribution in [3.8, 4) is 0 Å². The second-order valence-electron chi connectivity index (χ2n) is 2.82. The lowest BCUT2D eigenvalue weighted by atomic mass is 10.1. The van der Waals surface area contributed by atoms with Crippen LogP contribution in [0.25, 0.3) is 0 Å². The van der Waals surface area contributed by atoms with E-state index in [-0.39, 0.29) is 13.1 Å². The lowest BCUT2D eigenvalue weighted by Crippen LogP contribution is -2.23. The highest BCUT2D eigenvalue weighted by Gasteiger charge is 2.36. The number of rotatable bonds is 2. The van der Waals surface area contributed by atoms with E-state index in [0.29, 0.717) is 11.1 Å². The summed E-state index contributed by atoms with van der Waals surface area (Å²) in [5.74, 6) is -0.419. The minimum absolute atomic E-state index is 0.155. The summed E-state index contributed by atoms with van der Waals surface area (Å²) in [6.45, 7) is 0. The van der Waals surface area contributed by atoms with E-state index in [0.717, 1.165) is 0 Å². The third kappa shape index (κ3) is 2.16. The molecule has 2 amide bonds. The molecule has 0 saturated carbocycles. The summed E-state index contributed by atoms with van der Waals surface area (Å²) >= 11 is 5.55. The number of halogens is 2. The molecule has 2 rings (SSSR count). The van der Waals surface area contributed by atoms with E-state index in [1.807, 2.05) is 0 Å². The largest absolute Gasteiger partial charge is 0.271 e. The molecule has 1 aromatic carbocycles. The molecule has 1 aromatic rings. The minimum Gasteiger partial charge on any atom is -0.268 e. The Bertz CT molecular complexity index is 401. The quantitative estimate of drug-likeness (QED) is 0.304. The fourth-order valence-corrected chi connectivity index (χ4v) is 3.25. The summed E-state index contributed by atoms with van der Waals surface area (Å²) in [5, 5.41) is 0. The number of hydrogen-bond acceptors (Lipinski definition) is 3. The van der Waals surface area contributed by atoms with Crippen LogP contribution in [0.4, 0.5) is 0 Å². The Kier molecular flexibility index (Phi) is 3.56. The SMILES string of the molecule is O=C1c2ccccc2C(=O)N1SC(I)I. The molecule has 1 aliphatic rings. The highest BCUT2D eigenvalue weighted by molar-refractivity contribution is 14.2. The van der Waals surface area contributed by atoms with Gasteiger partial charge in [-0.25, -0.2) is 4.31 Å². The van der Waals surface area contributed by atoms with E-state index in [1.165, 1.54) is 16.3 Å². The van der Waals surface area contributed by atoms with Crippen LogP contribution in [0.3, 0.4) is 0 Å². The normalized spacial score (nSPS) is 15.0. The van der Waals surface area contributed by atoms with Crippen molar-refractivity contribution in [2.75, 3.05) is 0 Å². The molecule has 78 valence electrons. The molecule has 1 heterocycles. The van der Waals surface area contributed by atoms with Crippen LogP contribution in [-0.4, -0.2) is 17.4 Å². The number of alkyl halides is 2. The number of nitrogens with zero attached hydrogens (tertiary/aromatic N) is 1. The van der Waals surface area contributed by atoms with E-state index >= 15 is 0 Å². The van der Waals surface area contributed by atoms with Crippen LogP contribution in [-0.2, 0) is 0 Å². The number of imide groups is 1. The molecule has 0 unspecified atom stereocenters. The fourth-order valence-electron chi connectivity index (χ4n) is 1.34. The Balaban J connectivity index is 2.37. The first kappa shape index (κ1) is 11.6.